The van der Waals surface area contributed by atoms with Crippen molar-refractivity contribution >= 4 is 17.5 Å². The van der Waals surface area contributed by atoms with E-state index in [2.05, 4.69) is 38.1 Å². The predicted molar refractivity (Wildman–Crippen MR) is 127 cm³/mol. The van der Waals surface area contributed by atoms with Crippen molar-refractivity contribution in [2.75, 3.05) is 11.5 Å². The van der Waals surface area contributed by atoms with E-state index in [0.29, 0.717) is 12.3 Å². The van der Waals surface area contributed by atoms with Gasteiger partial charge in [0.15, 0.2) is 0 Å². The summed E-state index contributed by atoms with van der Waals surface area (Å²) in [6.45, 7) is 4.94. The van der Waals surface area contributed by atoms with Crippen LogP contribution in [0.5, 0.6) is 5.75 Å². The van der Waals surface area contributed by atoms with Crippen molar-refractivity contribution in [1.82, 2.24) is 0 Å². The van der Waals surface area contributed by atoms with Crippen molar-refractivity contribution in [3.63, 3.8) is 0 Å². The zero-order valence-electron chi connectivity index (χ0n) is 19.0. The molecule has 4 heteroatoms. The normalized spacial score (nSPS) is 26.7. The monoisotopic (exact) mass is 437 g/mol. The van der Waals surface area contributed by atoms with Crippen LogP contribution in [0.1, 0.15) is 54.9 Å². The zero-order valence-corrected chi connectivity index (χ0v) is 19.0. The van der Waals surface area contributed by atoms with Crippen LogP contribution in [0.25, 0.3) is 0 Å². The average molecular weight is 438 g/mol. The van der Waals surface area contributed by atoms with E-state index in [1.807, 2.05) is 48.5 Å². The number of ether oxygens (including phenoxy) is 1. The van der Waals surface area contributed by atoms with Gasteiger partial charge in [0.25, 0.3) is 0 Å². The van der Waals surface area contributed by atoms with Crippen LogP contribution in [0.4, 0.5) is 5.69 Å². The Morgan fingerprint density at radius 1 is 0.848 bits per heavy atom. The van der Waals surface area contributed by atoms with Crippen LogP contribution < -0.4 is 9.64 Å². The van der Waals surface area contributed by atoms with Crippen molar-refractivity contribution in [3.8, 4) is 5.75 Å². The summed E-state index contributed by atoms with van der Waals surface area (Å²) in [4.78, 5) is 29.2. The topological polar surface area (TPSA) is 46.6 Å². The summed E-state index contributed by atoms with van der Waals surface area (Å²) < 4.78 is 5.77. The summed E-state index contributed by atoms with van der Waals surface area (Å²) in [5.74, 6) is -0.308. The number of anilines is 1. The first-order chi connectivity index (χ1) is 16.1. The number of hydrogen-bond acceptors (Lipinski definition) is 3. The molecule has 33 heavy (non-hydrogen) atoms. The molecule has 0 unspecified atom stereocenters. The molecule has 2 atom stereocenters. The first-order valence-corrected chi connectivity index (χ1v) is 11.9. The fourth-order valence-electron chi connectivity index (χ4n) is 6.43. The number of hydrogen-bond donors (Lipinski definition) is 0. The fraction of sp³-hybridized carbons (Fsp3) is 0.310. The van der Waals surface area contributed by atoms with Gasteiger partial charge in [0.05, 0.1) is 24.1 Å². The third kappa shape index (κ3) is 2.64. The zero-order chi connectivity index (χ0) is 22.7. The summed E-state index contributed by atoms with van der Waals surface area (Å²) in [6, 6.07) is 24.1. The quantitative estimate of drug-likeness (QED) is 0.395. The summed E-state index contributed by atoms with van der Waals surface area (Å²) in [5.41, 5.74) is 4.82. The minimum atomic E-state index is -0.530. The van der Waals surface area contributed by atoms with E-state index in [9.17, 15) is 9.59 Å². The number of carbonyl (C=O) groups is 2. The van der Waals surface area contributed by atoms with E-state index in [-0.39, 0.29) is 23.7 Å². The largest absolute Gasteiger partial charge is 0.494 e. The molecule has 0 N–H and O–H groups in total. The van der Waals surface area contributed by atoms with Crippen LogP contribution in [0.15, 0.2) is 72.8 Å². The van der Waals surface area contributed by atoms with Crippen molar-refractivity contribution in [2.45, 2.75) is 38.0 Å². The van der Waals surface area contributed by atoms with Crippen molar-refractivity contribution in [1.29, 1.82) is 0 Å². The molecule has 166 valence electrons. The Labute approximate surface area is 194 Å². The van der Waals surface area contributed by atoms with Crippen LogP contribution in [0, 0.1) is 11.8 Å². The number of amides is 2. The summed E-state index contributed by atoms with van der Waals surface area (Å²) in [5, 5.41) is 0. The molecule has 1 fully saturated rings. The third-order valence-corrected chi connectivity index (χ3v) is 7.90. The fourth-order valence-corrected chi connectivity index (χ4v) is 6.43. The highest BCUT2D eigenvalue weighted by Crippen LogP contribution is 2.64. The third-order valence-electron chi connectivity index (χ3n) is 7.90. The Kier molecular flexibility index (Phi) is 4.48. The maximum Gasteiger partial charge on any atom is 0.238 e. The van der Waals surface area contributed by atoms with Crippen LogP contribution in [-0.4, -0.2) is 18.4 Å². The smallest absolute Gasteiger partial charge is 0.238 e. The number of imide groups is 1. The van der Waals surface area contributed by atoms with Gasteiger partial charge in [-0.2, -0.15) is 0 Å². The van der Waals surface area contributed by atoms with E-state index < -0.39 is 11.3 Å². The lowest BCUT2D eigenvalue weighted by atomic mass is 9.48. The SMILES string of the molecule is CCCCOc1ccc(N2C(=O)[C@H]3C4c5ccccc5C(C)(c5ccccc54)[C@H]3C2=O)cc1. The van der Waals surface area contributed by atoms with Gasteiger partial charge in [-0.25, -0.2) is 4.90 Å². The van der Waals surface area contributed by atoms with Gasteiger partial charge in [-0.05, 0) is 52.9 Å². The standard InChI is InChI=1S/C29H27NO3/c1-3-4-17-33-19-15-13-18(14-16-19)30-27(31)25-24-20-9-5-7-11-22(20)29(2,26(25)28(30)32)23-12-8-6-10-21(23)24/h5-16,24-26H,3-4,17H2,1-2H3/t24?,25-,26+,29?/m0/s1. The van der Waals surface area contributed by atoms with Gasteiger partial charge < -0.3 is 4.74 Å². The molecule has 4 aliphatic rings. The first kappa shape index (κ1) is 20.2. The maximum atomic E-state index is 13.9. The molecule has 3 aromatic carbocycles. The molecule has 2 amide bonds. The minimum absolute atomic E-state index is 0.0927. The number of rotatable bonds is 5. The molecule has 3 aromatic rings. The molecule has 0 spiro atoms. The van der Waals surface area contributed by atoms with E-state index in [4.69, 9.17) is 4.74 Å². The van der Waals surface area contributed by atoms with Crippen molar-refractivity contribution in [2.24, 2.45) is 11.8 Å². The summed E-state index contributed by atoms with van der Waals surface area (Å²) >= 11 is 0. The highest BCUT2D eigenvalue weighted by Gasteiger charge is 2.66. The van der Waals surface area contributed by atoms with Gasteiger partial charge in [-0.15, -0.1) is 0 Å². The first-order valence-electron chi connectivity index (χ1n) is 11.9. The Morgan fingerprint density at radius 2 is 1.45 bits per heavy atom. The van der Waals surface area contributed by atoms with Crippen molar-refractivity contribution in [3.05, 3.63) is 95.1 Å². The maximum absolute atomic E-state index is 13.9. The van der Waals surface area contributed by atoms with Crippen LogP contribution in [0.2, 0.25) is 0 Å². The number of unbranched alkanes of at least 4 members (excludes halogenated alkanes) is 1. The molecule has 0 aromatic heterocycles. The Balaban J connectivity index is 1.43. The number of carbonyl (C=O) groups excluding carboxylic acids is 2. The second kappa shape index (κ2) is 7.31. The molecule has 7 rings (SSSR count). The van der Waals surface area contributed by atoms with Gasteiger partial charge in [-0.3, -0.25) is 9.59 Å². The highest BCUT2D eigenvalue weighted by molar-refractivity contribution is 6.23. The van der Waals surface area contributed by atoms with Crippen LogP contribution in [-0.2, 0) is 15.0 Å². The molecule has 1 heterocycles. The molecular formula is C29H27NO3. The lowest BCUT2D eigenvalue weighted by molar-refractivity contribution is -0.123. The van der Waals surface area contributed by atoms with Gasteiger partial charge in [0.2, 0.25) is 11.8 Å². The van der Waals surface area contributed by atoms with Crippen LogP contribution in [0.3, 0.4) is 0 Å². The van der Waals surface area contributed by atoms with Crippen LogP contribution >= 0.6 is 0 Å². The van der Waals surface area contributed by atoms with Crippen molar-refractivity contribution < 1.29 is 14.3 Å². The molecule has 1 saturated heterocycles. The lowest BCUT2D eigenvalue weighted by Gasteiger charge is -2.52. The second-order valence-corrected chi connectivity index (χ2v) is 9.57. The summed E-state index contributed by atoms with van der Waals surface area (Å²) in [6.07, 6.45) is 2.07. The summed E-state index contributed by atoms with van der Waals surface area (Å²) in [7, 11) is 0. The molecule has 1 aliphatic heterocycles. The molecular weight excluding hydrogens is 410 g/mol. The van der Waals surface area contributed by atoms with Gasteiger partial charge >= 0.3 is 0 Å². The molecule has 0 saturated carbocycles. The van der Waals surface area contributed by atoms with Gasteiger partial charge in [0, 0.05) is 11.3 Å². The van der Waals surface area contributed by atoms with E-state index >= 15 is 0 Å². The second-order valence-electron chi connectivity index (χ2n) is 9.57. The Morgan fingerprint density at radius 3 is 2.06 bits per heavy atom. The van der Waals surface area contributed by atoms with Gasteiger partial charge in [-0.1, -0.05) is 68.8 Å². The van der Waals surface area contributed by atoms with Gasteiger partial charge in [0.1, 0.15) is 5.75 Å². The highest BCUT2D eigenvalue weighted by atomic mass is 16.5. The predicted octanol–water partition coefficient (Wildman–Crippen LogP) is 5.44. The number of nitrogens with zero attached hydrogens (tertiary/aromatic N) is 1. The Bertz CT molecular complexity index is 1210. The van der Waals surface area contributed by atoms with E-state index in [1.54, 1.807) is 0 Å². The molecule has 4 nitrogen and oxygen atoms in total. The molecule has 2 bridgehead atoms. The average Bonchev–Trinajstić information content (AvgIpc) is 3.11. The minimum Gasteiger partial charge on any atom is -0.494 e. The Hall–Kier alpha value is -3.40. The lowest BCUT2D eigenvalue weighted by Crippen LogP contribution is -2.51. The molecule has 3 aliphatic carbocycles. The van der Waals surface area contributed by atoms with E-state index in [0.717, 1.165) is 18.6 Å². The number of benzene rings is 3. The molecule has 0 radical (unpaired) electrons. The van der Waals surface area contributed by atoms with E-state index in [1.165, 1.54) is 27.2 Å².